The van der Waals surface area contributed by atoms with E-state index in [-0.39, 0.29) is 162 Å². The zero-order valence-corrected chi connectivity index (χ0v) is 58.9. The van der Waals surface area contributed by atoms with Crippen molar-refractivity contribution in [3.05, 3.63) is 36.5 Å². The number of rotatable bonds is 45. The maximum absolute atomic E-state index is 14.0. The van der Waals surface area contributed by atoms with Crippen LogP contribution in [0.3, 0.4) is 0 Å². The van der Waals surface area contributed by atoms with Crippen molar-refractivity contribution in [2.24, 2.45) is 0 Å². The number of carbonyl (C=O) groups is 12. The van der Waals surface area contributed by atoms with Gasteiger partial charge in [0.25, 0.3) is 35.4 Å². The predicted molar refractivity (Wildman–Crippen MR) is 359 cm³/mol. The normalized spacial score (nSPS) is 18.4. The molecule has 0 aliphatic carbocycles. The third kappa shape index (κ3) is 35.9. The lowest BCUT2D eigenvalue weighted by molar-refractivity contribution is -0.138. The Bertz CT molecular complexity index is 2800. The topological polar surface area (TPSA) is 403 Å². The second-order valence-electron chi connectivity index (χ2n) is 25.3. The van der Waals surface area contributed by atoms with Gasteiger partial charge in [0.2, 0.25) is 57.5 Å². The molecule has 540 valence electrons. The largest absolute Gasteiger partial charge is 0.356 e. The first kappa shape index (κ1) is 82.3. The monoisotopic (exact) mass is 1410 g/mol. The van der Waals surface area contributed by atoms with Crippen molar-refractivity contribution in [3.8, 4) is 0 Å². The Morgan fingerprint density at radius 3 is 1.11 bits per heavy atom. The summed E-state index contributed by atoms with van der Waals surface area (Å²) in [6, 6.07) is -0.550. The highest BCUT2D eigenvalue weighted by molar-refractivity contribution is 7.57. The third-order valence-electron chi connectivity index (χ3n) is 16.2. The van der Waals surface area contributed by atoms with Crippen molar-refractivity contribution in [1.82, 2.24) is 65.8 Å². The highest BCUT2D eigenvalue weighted by atomic mass is 31.2. The number of unbranched alkanes of at least 4 members (excludes halogenated alkanes) is 8. The van der Waals surface area contributed by atoms with Crippen molar-refractivity contribution in [3.63, 3.8) is 0 Å². The Hall–Kier alpha value is -6.13. The Morgan fingerprint density at radius 2 is 0.729 bits per heavy atom. The molecule has 31 nitrogen and oxygen atoms in total. The SMILES string of the molecule is CP(=O)(O)CN1CCN(CC(=O)NCCCCNC(=O)CCC(=O)NCCCC[C@H](CN(CCNC(=O)CCCCCN2C(=O)C=CC2=O)C(=O)CCCCCN2C(=O)C=CC2=O)NC(=O)CCCCCN2C(=O)C=CC2=O)CCN(CP(C)(=O)O)CCN(CP(C)(=O)O)CC1. The number of nitrogens with zero attached hydrogens (tertiary/aromatic N) is 8. The van der Waals surface area contributed by atoms with Gasteiger partial charge in [0.1, 0.15) is 0 Å². The zero-order chi connectivity index (χ0) is 70.7. The van der Waals surface area contributed by atoms with Crippen LogP contribution >= 0.6 is 22.1 Å². The van der Waals surface area contributed by atoms with E-state index < -0.39 is 40.0 Å². The van der Waals surface area contributed by atoms with Gasteiger partial charge in [-0.1, -0.05) is 19.3 Å². The molecule has 3 unspecified atom stereocenters. The van der Waals surface area contributed by atoms with Crippen LogP contribution in [0.1, 0.15) is 122 Å². The van der Waals surface area contributed by atoms with Crippen LogP contribution in [0.2, 0.25) is 0 Å². The van der Waals surface area contributed by atoms with Gasteiger partial charge in [0.15, 0.2) is 0 Å². The van der Waals surface area contributed by atoms with Crippen molar-refractivity contribution >= 4 is 93.0 Å². The Morgan fingerprint density at radius 1 is 0.406 bits per heavy atom. The molecule has 12 amide bonds. The van der Waals surface area contributed by atoms with Gasteiger partial charge in [-0.05, 0) is 70.6 Å². The van der Waals surface area contributed by atoms with E-state index in [0.29, 0.717) is 155 Å². The Kier molecular flexibility index (Phi) is 37.1. The summed E-state index contributed by atoms with van der Waals surface area (Å²) in [5.41, 5.74) is 0. The average Bonchev–Trinajstić information content (AvgIpc) is 1.78. The highest BCUT2D eigenvalue weighted by Gasteiger charge is 2.29. The second kappa shape index (κ2) is 43.3. The summed E-state index contributed by atoms with van der Waals surface area (Å²) in [4.78, 5) is 194. The first-order valence-electron chi connectivity index (χ1n) is 33.5. The third-order valence-corrected chi connectivity index (χ3v) is 19.0. The molecule has 4 rings (SSSR count). The molecule has 8 N–H and O–H groups in total. The molecule has 4 atom stereocenters. The molecule has 0 saturated carbocycles. The summed E-state index contributed by atoms with van der Waals surface area (Å²) >= 11 is 0. The molecule has 4 aliphatic heterocycles. The summed E-state index contributed by atoms with van der Waals surface area (Å²) in [6.07, 6.45) is 14.3. The van der Waals surface area contributed by atoms with E-state index in [1.807, 2.05) is 4.90 Å². The van der Waals surface area contributed by atoms with E-state index in [0.717, 1.165) is 14.7 Å². The van der Waals surface area contributed by atoms with Crippen molar-refractivity contribution in [1.29, 1.82) is 0 Å². The first-order valence-corrected chi connectivity index (χ1v) is 40.3. The van der Waals surface area contributed by atoms with E-state index in [9.17, 15) is 85.9 Å². The molecule has 0 aromatic heterocycles. The minimum atomic E-state index is -3.49. The lowest BCUT2D eigenvalue weighted by atomic mass is 10.1. The summed E-state index contributed by atoms with van der Waals surface area (Å²) < 4.78 is 37.4. The van der Waals surface area contributed by atoms with E-state index in [2.05, 4.69) is 26.6 Å². The molecular formula is C62H104N13O18P3. The molecule has 0 spiro atoms. The molecule has 1 saturated heterocycles. The van der Waals surface area contributed by atoms with Crippen LogP contribution in [0.25, 0.3) is 0 Å². The predicted octanol–water partition coefficient (Wildman–Crippen LogP) is 0.746. The Labute approximate surface area is 563 Å². The summed E-state index contributed by atoms with van der Waals surface area (Å²) in [5, 5.41) is 14.5. The minimum absolute atomic E-state index is 0.0122. The van der Waals surface area contributed by atoms with Crippen LogP contribution in [0.5, 0.6) is 0 Å². The van der Waals surface area contributed by atoms with Gasteiger partial charge in [-0.25, -0.2) is 0 Å². The number of carbonyl (C=O) groups excluding carboxylic acids is 12. The molecule has 4 heterocycles. The smallest absolute Gasteiger partial charge is 0.253 e. The quantitative estimate of drug-likeness (QED) is 0.0237. The van der Waals surface area contributed by atoms with Crippen molar-refractivity contribution in [2.75, 3.05) is 157 Å². The van der Waals surface area contributed by atoms with Crippen LogP contribution in [-0.4, -0.2) is 287 Å². The Balaban J connectivity index is 1.23. The van der Waals surface area contributed by atoms with Crippen molar-refractivity contribution in [2.45, 2.75) is 128 Å². The number of imide groups is 3. The highest BCUT2D eigenvalue weighted by Crippen LogP contribution is 2.38. The van der Waals surface area contributed by atoms with Gasteiger partial charge in [0.05, 0.1) is 25.4 Å². The first-order chi connectivity index (χ1) is 45.4. The van der Waals surface area contributed by atoms with Gasteiger partial charge < -0.3 is 46.2 Å². The lowest BCUT2D eigenvalue weighted by Crippen LogP contribution is -2.48. The fourth-order valence-electron chi connectivity index (χ4n) is 11.2. The van der Waals surface area contributed by atoms with Crippen LogP contribution < -0.4 is 26.6 Å². The van der Waals surface area contributed by atoms with Crippen LogP contribution in [0, 0.1) is 0 Å². The van der Waals surface area contributed by atoms with Gasteiger partial charge >= 0.3 is 0 Å². The van der Waals surface area contributed by atoms with Gasteiger partial charge in [0, 0.05) is 206 Å². The molecule has 1 fully saturated rings. The van der Waals surface area contributed by atoms with Crippen LogP contribution in [0.4, 0.5) is 0 Å². The van der Waals surface area contributed by atoms with Gasteiger partial charge in [-0.2, -0.15) is 0 Å². The van der Waals surface area contributed by atoms with Gasteiger partial charge in [-0.15, -0.1) is 0 Å². The molecule has 4 aliphatic rings. The molecular weight excluding hydrogens is 1310 g/mol. The standard InChI is InChI=1S/C62H104N13O18P3/c1-94(88,89)47-69-39-37-68(38-40-70(48-95(2,90)91)42-44-71(43-41-69)49-96(3,92)93)46-55(80)65-31-13-12-30-64-53(78)22-21-52(77)63-29-11-10-17-50(67-54(79)19-8-5-15-34-74-59(84)25-26-60(74)85)45-72(56(81)20-9-6-16-35-75-61(86)27-28-62(75)87)36-32-66-51(76)18-7-4-14-33-73-57(82)23-24-58(73)83/h23-28,50H,4-22,29-49H2,1-3H3,(H,63,77)(H,64,78)(H,65,80)(H,66,76)(H,67,79)(H,88,89)(H,90,91)(H,92,93)/t50-/m1/s1. The molecule has 96 heavy (non-hydrogen) atoms. The fraction of sp³-hybridized carbons (Fsp3) is 0.710. The summed E-state index contributed by atoms with van der Waals surface area (Å²) in [6.45, 7) is 8.16. The summed E-state index contributed by atoms with van der Waals surface area (Å²) in [5.74, 6) is -4.01. The van der Waals surface area contributed by atoms with E-state index in [1.165, 1.54) is 56.5 Å². The van der Waals surface area contributed by atoms with Crippen LogP contribution in [0.15, 0.2) is 36.5 Å². The maximum Gasteiger partial charge on any atom is 0.253 e. The fourth-order valence-corrected chi connectivity index (χ4v) is 14.3. The van der Waals surface area contributed by atoms with Gasteiger partial charge in [-0.3, -0.25) is 106 Å². The number of amides is 12. The van der Waals surface area contributed by atoms with Crippen molar-refractivity contribution < 1.29 is 85.9 Å². The number of hydrogen-bond donors (Lipinski definition) is 8. The van der Waals surface area contributed by atoms with E-state index >= 15 is 0 Å². The lowest BCUT2D eigenvalue weighted by Gasteiger charge is -2.34. The number of hydrogen-bond acceptors (Lipinski definition) is 19. The molecule has 0 bridgehead atoms. The second-order valence-corrected chi connectivity index (χ2v) is 32.5. The molecule has 34 heteroatoms. The molecule has 0 radical (unpaired) electrons. The summed E-state index contributed by atoms with van der Waals surface area (Å²) in [7, 11) is -10.5. The molecule has 0 aromatic rings. The minimum Gasteiger partial charge on any atom is -0.356 e. The number of nitrogens with one attached hydrogen (secondary N) is 5. The zero-order valence-electron chi connectivity index (χ0n) is 56.2. The van der Waals surface area contributed by atoms with E-state index in [1.54, 1.807) is 19.6 Å². The van der Waals surface area contributed by atoms with Crippen LogP contribution in [-0.2, 0) is 71.2 Å². The maximum atomic E-state index is 14.0. The average molecular weight is 1410 g/mol. The van der Waals surface area contributed by atoms with E-state index in [4.69, 9.17) is 0 Å². The molecule has 0 aromatic carbocycles.